The Morgan fingerprint density at radius 2 is 2.21 bits per heavy atom. The van der Waals surface area contributed by atoms with Gasteiger partial charge >= 0.3 is 0 Å². The van der Waals surface area contributed by atoms with Crippen molar-refractivity contribution in [3.8, 4) is 0 Å². The molecule has 14 heavy (non-hydrogen) atoms. The second kappa shape index (κ2) is 4.61. The maximum Gasteiger partial charge on any atom is 0.250 e. The van der Waals surface area contributed by atoms with Crippen molar-refractivity contribution in [2.24, 2.45) is 0 Å². The van der Waals surface area contributed by atoms with Crippen LogP contribution in [0, 0.1) is 0 Å². The number of hydrogen-bond donors (Lipinski definition) is 1. The lowest BCUT2D eigenvalue weighted by molar-refractivity contribution is 0.572. The van der Waals surface area contributed by atoms with E-state index in [9.17, 15) is 8.42 Å². The summed E-state index contributed by atoms with van der Waals surface area (Å²) in [5.41, 5.74) is 0.834. The third-order valence-electron chi connectivity index (χ3n) is 1.44. The van der Waals surface area contributed by atoms with Gasteiger partial charge in [-0.3, -0.25) is 0 Å². The van der Waals surface area contributed by atoms with Gasteiger partial charge in [-0.25, -0.2) is 13.1 Å². The second-order valence-electron chi connectivity index (χ2n) is 3.18. The van der Waals surface area contributed by atoms with Crippen LogP contribution >= 0.6 is 22.9 Å². The number of nitrogens with one attached hydrogen (secondary N) is 1. The molecule has 0 aliphatic rings. The van der Waals surface area contributed by atoms with Crippen LogP contribution in [0.2, 0.25) is 0 Å². The Morgan fingerprint density at radius 3 is 2.64 bits per heavy atom. The minimum absolute atomic E-state index is 0.0958. The van der Waals surface area contributed by atoms with Crippen LogP contribution < -0.4 is 4.72 Å². The molecule has 0 aliphatic heterocycles. The zero-order valence-corrected chi connectivity index (χ0v) is 10.3. The van der Waals surface area contributed by atoms with Gasteiger partial charge in [0.2, 0.25) is 10.0 Å². The van der Waals surface area contributed by atoms with Crippen LogP contribution in [0.4, 0.5) is 0 Å². The van der Waals surface area contributed by atoms with Gasteiger partial charge in [-0.2, -0.15) is 0 Å². The molecule has 0 amide bonds. The molecule has 0 atom stereocenters. The summed E-state index contributed by atoms with van der Waals surface area (Å²) in [4.78, 5) is 0. The fourth-order valence-electron chi connectivity index (χ4n) is 0.933. The normalized spacial score (nSPS) is 12.3. The molecular weight excluding hydrogens is 242 g/mol. The summed E-state index contributed by atoms with van der Waals surface area (Å²) < 4.78 is 26.1. The predicted octanol–water partition coefficient (Wildman–Crippen LogP) is 2.17. The van der Waals surface area contributed by atoms with Gasteiger partial charge in [0, 0.05) is 11.9 Å². The molecule has 1 rings (SSSR count). The van der Waals surface area contributed by atoms with Gasteiger partial charge < -0.3 is 0 Å². The molecule has 1 N–H and O–H groups in total. The van der Waals surface area contributed by atoms with Crippen molar-refractivity contribution in [2.75, 3.05) is 0 Å². The topological polar surface area (TPSA) is 46.2 Å². The molecule has 0 fully saturated rings. The molecule has 6 heteroatoms. The lowest BCUT2D eigenvalue weighted by Gasteiger charge is -2.06. The Bertz CT molecular complexity index is 397. The number of rotatable bonds is 4. The zero-order valence-electron chi connectivity index (χ0n) is 7.95. The molecule has 0 aliphatic carbocycles. The van der Waals surface area contributed by atoms with Crippen LogP contribution in [0.5, 0.6) is 0 Å². The summed E-state index contributed by atoms with van der Waals surface area (Å²) in [7, 11) is -3.34. The highest BCUT2D eigenvalue weighted by Crippen LogP contribution is 2.21. The number of hydrogen-bond acceptors (Lipinski definition) is 3. The van der Waals surface area contributed by atoms with Crippen LogP contribution in [0.25, 0.3) is 0 Å². The van der Waals surface area contributed by atoms with E-state index < -0.39 is 10.0 Å². The predicted molar refractivity (Wildman–Crippen MR) is 59.3 cm³/mol. The van der Waals surface area contributed by atoms with Crippen LogP contribution in [0.3, 0.4) is 0 Å². The van der Waals surface area contributed by atoms with Crippen LogP contribution in [0.15, 0.2) is 15.7 Å². The van der Waals surface area contributed by atoms with Gasteiger partial charge in [0.15, 0.2) is 0 Å². The Morgan fingerprint density at radius 1 is 1.57 bits per heavy atom. The molecule has 3 nitrogen and oxygen atoms in total. The van der Waals surface area contributed by atoms with Crippen molar-refractivity contribution in [3.63, 3.8) is 0 Å². The maximum absolute atomic E-state index is 11.6. The highest BCUT2D eigenvalue weighted by Gasteiger charge is 2.17. The van der Waals surface area contributed by atoms with Crippen LogP contribution in [-0.4, -0.2) is 14.5 Å². The zero-order chi connectivity index (χ0) is 10.8. The van der Waals surface area contributed by atoms with E-state index in [-0.39, 0.29) is 6.04 Å². The van der Waals surface area contributed by atoms with Gasteiger partial charge in [-0.15, -0.1) is 22.9 Å². The molecule has 1 aromatic rings. The molecule has 80 valence electrons. The third-order valence-corrected chi connectivity index (χ3v) is 4.90. The van der Waals surface area contributed by atoms with Crippen molar-refractivity contribution in [1.82, 2.24) is 4.72 Å². The standard InChI is InChI=1S/C8H12ClNO2S2/c1-6(2)10-14(11,12)8-3-7(4-9)5-13-8/h3,5-6,10H,4H2,1-2H3. The van der Waals surface area contributed by atoms with Gasteiger partial charge in [-0.05, 0) is 30.9 Å². The van der Waals surface area contributed by atoms with Crippen molar-refractivity contribution in [3.05, 3.63) is 17.0 Å². The van der Waals surface area contributed by atoms with E-state index in [4.69, 9.17) is 11.6 Å². The van der Waals surface area contributed by atoms with Gasteiger partial charge in [0.05, 0.1) is 0 Å². The molecule has 0 saturated heterocycles. The first kappa shape index (κ1) is 12.0. The molecular formula is C8H12ClNO2S2. The summed E-state index contributed by atoms with van der Waals surface area (Å²) in [5, 5.41) is 1.75. The molecule has 0 bridgehead atoms. The molecule has 0 radical (unpaired) electrons. The minimum Gasteiger partial charge on any atom is -0.208 e. The van der Waals surface area contributed by atoms with Crippen molar-refractivity contribution >= 4 is 33.0 Å². The summed E-state index contributed by atoms with van der Waals surface area (Å²) in [6.07, 6.45) is 0. The Labute approximate surface area is 93.1 Å². The molecule has 0 saturated carbocycles. The van der Waals surface area contributed by atoms with Gasteiger partial charge in [-0.1, -0.05) is 0 Å². The van der Waals surface area contributed by atoms with Gasteiger partial charge in [0.25, 0.3) is 0 Å². The lowest BCUT2D eigenvalue weighted by Crippen LogP contribution is -2.29. The number of sulfonamides is 1. The number of thiophene rings is 1. The first-order valence-electron chi connectivity index (χ1n) is 4.11. The fraction of sp³-hybridized carbons (Fsp3) is 0.500. The average Bonchev–Trinajstić information content (AvgIpc) is 2.49. The smallest absolute Gasteiger partial charge is 0.208 e. The minimum atomic E-state index is -3.34. The van der Waals surface area contributed by atoms with Crippen LogP contribution in [0.1, 0.15) is 19.4 Å². The third kappa shape index (κ3) is 2.95. The largest absolute Gasteiger partial charge is 0.250 e. The summed E-state index contributed by atoms with van der Waals surface area (Å²) in [5.74, 6) is 0.341. The van der Waals surface area contributed by atoms with Gasteiger partial charge in [0.1, 0.15) is 4.21 Å². The fourth-order valence-corrected chi connectivity index (χ4v) is 3.66. The summed E-state index contributed by atoms with van der Waals surface area (Å²) in [6, 6.07) is 1.50. The molecule has 1 aromatic heterocycles. The van der Waals surface area contributed by atoms with Crippen LogP contribution in [-0.2, 0) is 15.9 Å². The van der Waals surface area contributed by atoms with E-state index in [0.717, 1.165) is 5.56 Å². The molecule has 1 heterocycles. The summed E-state index contributed by atoms with van der Waals surface area (Å²) >= 11 is 6.78. The number of alkyl halides is 1. The average molecular weight is 254 g/mol. The van der Waals surface area contributed by atoms with E-state index in [1.807, 2.05) is 0 Å². The van der Waals surface area contributed by atoms with E-state index in [1.54, 1.807) is 25.3 Å². The molecule has 0 spiro atoms. The molecule has 0 unspecified atom stereocenters. The van der Waals surface area contributed by atoms with E-state index in [0.29, 0.717) is 10.1 Å². The highest BCUT2D eigenvalue weighted by molar-refractivity contribution is 7.91. The van der Waals surface area contributed by atoms with E-state index in [2.05, 4.69) is 4.72 Å². The highest BCUT2D eigenvalue weighted by atomic mass is 35.5. The first-order chi connectivity index (χ1) is 6.45. The van der Waals surface area contributed by atoms with E-state index in [1.165, 1.54) is 11.3 Å². The summed E-state index contributed by atoms with van der Waals surface area (Å²) in [6.45, 7) is 3.57. The Kier molecular flexibility index (Phi) is 3.94. The second-order valence-corrected chi connectivity index (χ2v) is 6.30. The SMILES string of the molecule is CC(C)NS(=O)(=O)c1cc(CCl)cs1. The quantitative estimate of drug-likeness (QED) is 0.836. The van der Waals surface area contributed by atoms with E-state index >= 15 is 0 Å². The first-order valence-corrected chi connectivity index (χ1v) is 7.01. The monoisotopic (exact) mass is 253 g/mol. The molecule has 0 aromatic carbocycles. The Balaban J connectivity index is 2.93. The van der Waals surface area contributed by atoms with Crippen molar-refractivity contribution in [2.45, 2.75) is 30.0 Å². The van der Waals surface area contributed by atoms with Crippen molar-refractivity contribution < 1.29 is 8.42 Å². The maximum atomic E-state index is 11.6. The Hall–Kier alpha value is -0.100. The number of halogens is 1. The van der Waals surface area contributed by atoms with Crippen molar-refractivity contribution in [1.29, 1.82) is 0 Å². The lowest BCUT2D eigenvalue weighted by atomic mass is 10.4.